The molecule has 1 fully saturated rings. The van der Waals surface area contributed by atoms with Crippen molar-refractivity contribution in [3.63, 3.8) is 0 Å². The molecule has 1 heterocycles. The largest absolute Gasteiger partial charge is 0.508 e. The van der Waals surface area contributed by atoms with E-state index in [0.29, 0.717) is 22.7 Å². The number of methoxy groups -OCH3 is 2. The molecule has 0 spiro atoms. The second-order valence-electron chi connectivity index (χ2n) is 7.67. The fraction of sp³-hybridized carbons (Fsp3) is 0.154. The van der Waals surface area contributed by atoms with Gasteiger partial charge >= 0.3 is 0 Å². The third kappa shape index (κ3) is 3.89. The molecule has 0 aliphatic carbocycles. The third-order valence-corrected chi connectivity index (χ3v) is 5.60. The SMILES string of the molecule is COc1ccc(OC)c(/C(O)=C2\C(=O)C(=O)N(c3ccc(C)cc3)C2c2cccc(O)c2)c1. The number of rotatable bonds is 5. The summed E-state index contributed by atoms with van der Waals surface area (Å²) in [6.45, 7) is 1.92. The summed E-state index contributed by atoms with van der Waals surface area (Å²) in [6.07, 6.45) is 0. The number of hydrogen-bond acceptors (Lipinski definition) is 6. The third-order valence-electron chi connectivity index (χ3n) is 5.60. The Morgan fingerprint density at radius 2 is 1.67 bits per heavy atom. The number of ketones is 1. The van der Waals surface area contributed by atoms with Gasteiger partial charge in [0.15, 0.2) is 0 Å². The van der Waals surface area contributed by atoms with Gasteiger partial charge in [-0.05, 0) is 55.0 Å². The van der Waals surface area contributed by atoms with Gasteiger partial charge in [-0.3, -0.25) is 14.5 Å². The van der Waals surface area contributed by atoms with Crippen molar-refractivity contribution in [2.75, 3.05) is 19.1 Å². The van der Waals surface area contributed by atoms with Crippen molar-refractivity contribution < 1.29 is 29.3 Å². The first-order valence-corrected chi connectivity index (χ1v) is 10.2. The Labute approximate surface area is 191 Å². The molecule has 1 unspecified atom stereocenters. The maximum Gasteiger partial charge on any atom is 0.300 e. The van der Waals surface area contributed by atoms with Crippen LogP contribution < -0.4 is 14.4 Å². The molecule has 7 heteroatoms. The first-order valence-electron chi connectivity index (χ1n) is 10.2. The molecule has 3 aromatic rings. The van der Waals surface area contributed by atoms with E-state index in [0.717, 1.165) is 5.56 Å². The molecule has 0 aromatic heterocycles. The summed E-state index contributed by atoms with van der Waals surface area (Å²) < 4.78 is 10.6. The normalized spacial score (nSPS) is 17.3. The molecule has 3 aromatic carbocycles. The number of anilines is 1. The lowest BCUT2D eigenvalue weighted by Gasteiger charge is -2.25. The Morgan fingerprint density at radius 3 is 2.30 bits per heavy atom. The van der Waals surface area contributed by atoms with E-state index in [-0.39, 0.29) is 16.9 Å². The molecule has 33 heavy (non-hydrogen) atoms. The smallest absolute Gasteiger partial charge is 0.300 e. The van der Waals surface area contributed by atoms with Crippen LogP contribution in [0.25, 0.3) is 5.76 Å². The number of nitrogens with zero attached hydrogens (tertiary/aromatic N) is 1. The summed E-state index contributed by atoms with van der Waals surface area (Å²) in [5.41, 5.74) is 2.05. The van der Waals surface area contributed by atoms with Crippen LogP contribution in [0.4, 0.5) is 5.69 Å². The van der Waals surface area contributed by atoms with Gasteiger partial charge in [-0.15, -0.1) is 0 Å². The van der Waals surface area contributed by atoms with Crippen molar-refractivity contribution >= 4 is 23.1 Å². The van der Waals surface area contributed by atoms with E-state index in [9.17, 15) is 19.8 Å². The fourth-order valence-corrected chi connectivity index (χ4v) is 3.96. The second-order valence-corrected chi connectivity index (χ2v) is 7.67. The molecule has 7 nitrogen and oxygen atoms in total. The van der Waals surface area contributed by atoms with Gasteiger partial charge in [0.05, 0.1) is 31.4 Å². The highest BCUT2D eigenvalue weighted by molar-refractivity contribution is 6.51. The molecule has 1 aliphatic heterocycles. The lowest BCUT2D eigenvalue weighted by molar-refractivity contribution is -0.132. The number of phenols is 1. The van der Waals surface area contributed by atoms with Gasteiger partial charge < -0.3 is 19.7 Å². The Bertz CT molecular complexity index is 1260. The quantitative estimate of drug-likeness (QED) is 0.345. The lowest BCUT2D eigenvalue weighted by atomic mass is 9.94. The molecule has 0 radical (unpaired) electrons. The Kier molecular flexibility index (Phi) is 5.79. The van der Waals surface area contributed by atoms with E-state index in [1.165, 1.54) is 37.3 Å². The number of phenolic OH excluding ortho intramolecular Hbond substituents is 1. The minimum atomic E-state index is -0.962. The lowest BCUT2D eigenvalue weighted by Crippen LogP contribution is -2.29. The zero-order chi connectivity index (χ0) is 23.7. The van der Waals surface area contributed by atoms with E-state index in [4.69, 9.17) is 9.47 Å². The van der Waals surface area contributed by atoms with E-state index >= 15 is 0 Å². The second kappa shape index (κ2) is 8.70. The number of aromatic hydroxyl groups is 1. The van der Waals surface area contributed by atoms with Crippen molar-refractivity contribution in [3.05, 3.63) is 89.0 Å². The minimum absolute atomic E-state index is 0.0269. The first kappa shape index (κ1) is 22.0. The number of ether oxygens (including phenoxy) is 2. The van der Waals surface area contributed by atoms with Crippen LogP contribution in [0.5, 0.6) is 17.2 Å². The van der Waals surface area contributed by atoms with E-state index in [2.05, 4.69) is 0 Å². The van der Waals surface area contributed by atoms with Crippen molar-refractivity contribution in [2.24, 2.45) is 0 Å². The molecule has 0 bridgehead atoms. The zero-order valence-electron chi connectivity index (χ0n) is 18.4. The molecule has 2 N–H and O–H groups in total. The number of benzene rings is 3. The van der Waals surface area contributed by atoms with Crippen LogP contribution in [0.15, 0.2) is 72.3 Å². The standard InChI is InChI=1S/C26H23NO6/c1-15-7-9-17(10-8-15)27-23(16-5-4-6-18(28)13-16)22(25(30)26(27)31)24(29)20-14-19(32-2)11-12-21(20)33-3/h4-14,23,28-29H,1-3H3/b24-22+. The summed E-state index contributed by atoms with van der Waals surface area (Å²) in [5, 5.41) is 21.4. The topological polar surface area (TPSA) is 96.3 Å². The predicted molar refractivity (Wildman–Crippen MR) is 124 cm³/mol. The molecular formula is C26H23NO6. The molecule has 1 aliphatic rings. The average Bonchev–Trinajstić information content (AvgIpc) is 3.09. The summed E-state index contributed by atoms with van der Waals surface area (Å²) in [5.74, 6) is -1.29. The molecular weight excluding hydrogens is 422 g/mol. The minimum Gasteiger partial charge on any atom is -0.508 e. The van der Waals surface area contributed by atoms with Crippen LogP contribution >= 0.6 is 0 Å². The number of hydrogen-bond donors (Lipinski definition) is 2. The molecule has 1 amide bonds. The Balaban J connectivity index is 1.99. The van der Waals surface area contributed by atoms with Gasteiger partial charge in [0.25, 0.3) is 11.7 Å². The average molecular weight is 445 g/mol. The number of aryl methyl sites for hydroxylation is 1. The van der Waals surface area contributed by atoms with Gasteiger partial charge in [0, 0.05) is 5.69 Å². The molecule has 4 rings (SSSR count). The van der Waals surface area contributed by atoms with Gasteiger partial charge in [-0.1, -0.05) is 29.8 Å². The highest BCUT2D eigenvalue weighted by atomic mass is 16.5. The maximum atomic E-state index is 13.2. The number of amides is 1. The summed E-state index contributed by atoms with van der Waals surface area (Å²) >= 11 is 0. The predicted octanol–water partition coefficient (Wildman–Crippen LogP) is 4.34. The van der Waals surface area contributed by atoms with Crippen LogP contribution in [0.2, 0.25) is 0 Å². The van der Waals surface area contributed by atoms with Gasteiger partial charge in [-0.25, -0.2) is 0 Å². The number of Topliss-reactive ketones (excluding diaryl/α,β-unsaturated/α-hetero) is 1. The van der Waals surface area contributed by atoms with Gasteiger partial charge in [0.2, 0.25) is 0 Å². The zero-order valence-corrected chi connectivity index (χ0v) is 18.4. The fourth-order valence-electron chi connectivity index (χ4n) is 3.96. The molecule has 168 valence electrons. The molecule has 0 saturated carbocycles. The van der Waals surface area contributed by atoms with Crippen LogP contribution in [-0.2, 0) is 9.59 Å². The maximum absolute atomic E-state index is 13.2. The first-order chi connectivity index (χ1) is 15.8. The highest BCUT2D eigenvalue weighted by Gasteiger charge is 2.47. The Morgan fingerprint density at radius 1 is 0.939 bits per heavy atom. The summed E-state index contributed by atoms with van der Waals surface area (Å²) in [4.78, 5) is 27.8. The highest BCUT2D eigenvalue weighted by Crippen LogP contribution is 2.44. The van der Waals surface area contributed by atoms with Gasteiger partial charge in [-0.2, -0.15) is 0 Å². The van der Waals surface area contributed by atoms with E-state index in [1.807, 2.05) is 19.1 Å². The van der Waals surface area contributed by atoms with Crippen LogP contribution in [0.1, 0.15) is 22.7 Å². The number of aliphatic hydroxyl groups is 1. The van der Waals surface area contributed by atoms with E-state index < -0.39 is 23.5 Å². The van der Waals surface area contributed by atoms with Crippen molar-refractivity contribution in [3.8, 4) is 17.2 Å². The molecule has 1 atom stereocenters. The van der Waals surface area contributed by atoms with Crippen molar-refractivity contribution in [1.82, 2.24) is 0 Å². The van der Waals surface area contributed by atoms with Gasteiger partial charge in [0.1, 0.15) is 23.0 Å². The van der Waals surface area contributed by atoms with Crippen molar-refractivity contribution in [2.45, 2.75) is 13.0 Å². The van der Waals surface area contributed by atoms with Crippen LogP contribution in [0, 0.1) is 6.92 Å². The number of aliphatic hydroxyl groups excluding tert-OH is 1. The Hall–Kier alpha value is -4.26. The number of carbonyl (C=O) groups excluding carboxylic acids is 2. The van der Waals surface area contributed by atoms with Crippen molar-refractivity contribution in [1.29, 1.82) is 0 Å². The monoisotopic (exact) mass is 445 g/mol. The number of carbonyl (C=O) groups is 2. The summed E-state index contributed by atoms with van der Waals surface area (Å²) in [6, 6.07) is 17.2. The van der Waals surface area contributed by atoms with Crippen LogP contribution in [-0.4, -0.2) is 36.1 Å². The van der Waals surface area contributed by atoms with E-state index in [1.54, 1.807) is 36.4 Å². The van der Waals surface area contributed by atoms with Crippen LogP contribution in [0.3, 0.4) is 0 Å². The summed E-state index contributed by atoms with van der Waals surface area (Å²) in [7, 11) is 2.92. The molecule has 1 saturated heterocycles.